The number of nitro groups is 1. The number of carbonyl (C=O) groups is 2. The predicted octanol–water partition coefficient (Wildman–Crippen LogP) is 5.75. The molecule has 0 N–H and O–H groups in total. The highest BCUT2D eigenvalue weighted by atomic mass is 19.4. The summed E-state index contributed by atoms with van der Waals surface area (Å²) in [5.74, 6) is -0.784. The Kier molecular flexibility index (Phi) is 9.86. The van der Waals surface area contributed by atoms with Crippen LogP contribution in [0.1, 0.15) is 53.9 Å². The van der Waals surface area contributed by atoms with Crippen molar-refractivity contribution in [2.45, 2.75) is 46.0 Å². The minimum atomic E-state index is -4.44. The van der Waals surface area contributed by atoms with Crippen molar-refractivity contribution in [2.24, 2.45) is 0 Å². The molecular weight excluding hydrogens is 513 g/mol. The van der Waals surface area contributed by atoms with Gasteiger partial charge in [-0.2, -0.15) is 13.2 Å². The highest BCUT2D eigenvalue weighted by Gasteiger charge is 2.30. The van der Waals surface area contributed by atoms with Crippen molar-refractivity contribution in [3.05, 3.63) is 99.4 Å². The fraction of sp³-hybridized carbons (Fsp3) is 0.357. The van der Waals surface area contributed by atoms with Crippen LogP contribution in [0.3, 0.4) is 0 Å². The molecule has 1 aromatic heterocycles. The Morgan fingerprint density at radius 1 is 1.00 bits per heavy atom. The Hall–Kier alpha value is -4.15. The van der Waals surface area contributed by atoms with Crippen LogP contribution >= 0.6 is 0 Å². The maximum absolute atomic E-state index is 13.4. The third kappa shape index (κ3) is 7.92. The van der Waals surface area contributed by atoms with E-state index in [0.29, 0.717) is 12.1 Å². The summed E-state index contributed by atoms with van der Waals surface area (Å²) in [5, 5.41) is 11.1. The molecule has 0 aliphatic rings. The number of benzene rings is 2. The van der Waals surface area contributed by atoms with Crippen LogP contribution in [0.2, 0.25) is 0 Å². The molecular formula is C28H31F3N4O4. The van der Waals surface area contributed by atoms with Crippen LogP contribution in [-0.4, -0.2) is 50.7 Å². The molecule has 11 heteroatoms. The Morgan fingerprint density at radius 2 is 1.74 bits per heavy atom. The van der Waals surface area contributed by atoms with Crippen molar-refractivity contribution < 1.29 is 27.7 Å². The van der Waals surface area contributed by atoms with Gasteiger partial charge in [0.2, 0.25) is 5.91 Å². The van der Waals surface area contributed by atoms with Gasteiger partial charge in [-0.25, -0.2) is 0 Å². The van der Waals surface area contributed by atoms with Crippen molar-refractivity contribution in [1.29, 1.82) is 0 Å². The lowest BCUT2D eigenvalue weighted by atomic mass is 10.1. The summed E-state index contributed by atoms with van der Waals surface area (Å²) in [6.07, 6.45) is -1.13. The zero-order valence-corrected chi connectivity index (χ0v) is 21.9. The van der Waals surface area contributed by atoms with E-state index in [2.05, 4.69) is 0 Å². The quantitative estimate of drug-likeness (QED) is 0.214. The molecule has 0 spiro atoms. The first kappa shape index (κ1) is 29.4. The summed E-state index contributed by atoms with van der Waals surface area (Å²) in [7, 11) is 0. The van der Waals surface area contributed by atoms with Gasteiger partial charge in [-0.05, 0) is 49.2 Å². The number of halogens is 3. The lowest BCUT2D eigenvalue weighted by Gasteiger charge is -2.27. The van der Waals surface area contributed by atoms with Crippen molar-refractivity contribution >= 4 is 17.5 Å². The Morgan fingerprint density at radius 3 is 2.41 bits per heavy atom. The molecule has 0 radical (unpaired) electrons. The lowest BCUT2D eigenvalue weighted by Crippen LogP contribution is -2.43. The van der Waals surface area contributed by atoms with E-state index in [4.69, 9.17) is 0 Å². The van der Waals surface area contributed by atoms with Crippen molar-refractivity contribution in [3.8, 4) is 0 Å². The first-order valence-electron chi connectivity index (χ1n) is 12.6. The van der Waals surface area contributed by atoms with E-state index in [0.717, 1.165) is 30.7 Å². The number of carbonyl (C=O) groups excluding carboxylic acids is 2. The molecule has 0 saturated carbocycles. The zero-order valence-electron chi connectivity index (χ0n) is 21.9. The second-order valence-corrected chi connectivity index (χ2v) is 9.12. The molecule has 0 aliphatic heterocycles. The molecule has 3 aromatic rings. The summed E-state index contributed by atoms with van der Waals surface area (Å²) in [5.41, 5.74) is 0.406. The topological polar surface area (TPSA) is 88.7 Å². The second-order valence-electron chi connectivity index (χ2n) is 9.12. The molecule has 0 saturated heterocycles. The lowest BCUT2D eigenvalue weighted by molar-refractivity contribution is -0.384. The molecule has 3 rings (SSSR count). The fourth-order valence-corrected chi connectivity index (χ4v) is 4.15. The average molecular weight is 545 g/mol. The Balaban J connectivity index is 1.76. The second kappa shape index (κ2) is 13.1. The van der Waals surface area contributed by atoms with Gasteiger partial charge in [-0.3, -0.25) is 19.7 Å². The molecule has 0 unspecified atom stereocenters. The van der Waals surface area contributed by atoms with Crippen LogP contribution in [0.5, 0.6) is 0 Å². The number of rotatable bonds is 12. The van der Waals surface area contributed by atoms with Crippen LogP contribution in [0.4, 0.5) is 18.9 Å². The summed E-state index contributed by atoms with van der Waals surface area (Å²) in [6, 6.07) is 14.1. The van der Waals surface area contributed by atoms with Gasteiger partial charge in [0.15, 0.2) is 0 Å². The van der Waals surface area contributed by atoms with E-state index in [1.807, 2.05) is 13.0 Å². The van der Waals surface area contributed by atoms with Gasteiger partial charge in [-0.15, -0.1) is 0 Å². The predicted molar refractivity (Wildman–Crippen MR) is 140 cm³/mol. The van der Waals surface area contributed by atoms with E-state index >= 15 is 0 Å². The third-order valence-corrected chi connectivity index (χ3v) is 6.32. The van der Waals surface area contributed by atoms with Gasteiger partial charge >= 0.3 is 6.18 Å². The first-order valence-corrected chi connectivity index (χ1v) is 12.6. The number of aromatic nitrogens is 1. The fourth-order valence-electron chi connectivity index (χ4n) is 4.15. The monoisotopic (exact) mass is 544 g/mol. The van der Waals surface area contributed by atoms with Crippen molar-refractivity contribution in [1.82, 2.24) is 14.4 Å². The Bertz CT molecular complexity index is 1310. The smallest absolute Gasteiger partial charge is 0.345 e. The molecule has 1 heterocycles. The van der Waals surface area contributed by atoms with Crippen LogP contribution in [0.15, 0.2) is 66.9 Å². The van der Waals surface area contributed by atoms with Crippen molar-refractivity contribution in [2.75, 3.05) is 19.6 Å². The number of unbranched alkanes of at least 4 members (excludes halogenated alkanes) is 1. The highest BCUT2D eigenvalue weighted by molar-refractivity contribution is 5.97. The van der Waals surface area contributed by atoms with E-state index in [1.54, 1.807) is 34.7 Å². The molecule has 0 atom stereocenters. The molecule has 39 heavy (non-hydrogen) atoms. The molecule has 2 amide bonds. The van der Waals surface area contributed by atoms with E-state index < -0.39 is 22.6 Å². The average Bonchev–Trinajstić information content (AvgIpc) is 3.35. The van der Waals surface area contributed by atoms with Gasteiger partial charge in [0, 0.05) is 49.2 Å². The number of hydrogen-bond acceptors (Lipinski definition) is 4. The summed E-state index contributed by atoms with van der Waals surface area (Å²) in [6.45, 7) is 4.58. The van der Waals surface area contributed by atoms with Gasteiger partial charge < -0.3 is 14.4 Å². The standard InChI is InChI=1S/C28H31F3N4O4/c1-3-5-14-34(26(36)20-32(4-2)27(37)22-10-7-12-24(17-22)35(38)39)19-25-13-8-15-33(25)18-21-9-6-11-23(16-21)28(29,30)31/h6-13,15-17H,3-5,14,18-20H2,1-2H3. The number of amides is 2. The van der Waals surface area contributed by atoms with Crippen LogP contribution in [0.25, 0.3) is 0 Å². The van der Waals surface area contributed by atoms with Gasteiger partial charge in [-0.1, -0.05) is 31.5 Å². The minimum absolute atomic E-state index is 0.119. The van der Waals surface area contributed by atoms with Gasteiger partial charge in [0.05, 0.1) is 17.0 Å². The highest BCUT2D eigenvalue weighted by Crippen LogP contribution is 2.29. The number of nitro benzene ring substituents is 1. The maximum atomic E-state index is 13.4. The number of non-ortho nitro benzene ring substituents is 1. The summed E-state index contributed by atoms with van der Waals surface area (Å²) in [4.78, 5) is 39.9. The first-order chi connectivity index (χ1) is 18.5. The summed E-state index contributed by atoms with van der Waals surface area (Å²) < 4.78 is 41.2. The molecule has 208 valence electrons. The van der Waals surface area contributed by atoms with Crippen LogP contribution in [-0.2, 0) is 24.1 Å². The SMILES string of the molecule is CCCCN(Cc1cccn1Cc1cccc(C(F)(F)F)c1)C(=O)CN(CC)C(=O)c1cccc([N+](=O)[O-])c1. The van der Waals surface area contributed by atoms with Crippen molar-refractivity contribution in [3.63, 3.8) is 0 Å². The van der Waals surface area contributed by atoms with E-state index in [9.17, 15) is 32.9 Å². The van der Waals surface area contributed by atoms with E-state index in [-0.39, 0.29) is 43.3 Å². The molecule has 0 bridgehead atoms. The number of hydrogen-bond donors (Lipinski definition) is 0. The van der Waals surface area contributed by atoms with Gasteiger partial charge in [0.25, 0.3) is 11.6 Å². The number of likely N-dealkylation sites (N-methyl/N-ethyl adjacent to an activating group) is 1. The van der Waals surface area contributed by atoms with Crippen LogP contribution in [0, 0.1) is 10.1 Å². The number of nitrogens with zero attached hydrogens (tertiary/aromatic N) is 4. The molecule has 8 nitrogen and oxygen atoms in total. The zero-order chi connectivity index (χ0) is 28.6. The molecule has 0 aliphatic carbocycles. The largest absolute Gasteiger partial charge is 0.416 e. The van der Waals surface area contributed by atoms with Gasteiger partial charge in [0.1, 0.15) is 6.54 Å². The number of alkyl halides is 3. The Labute approximate surface area is 224 Å². The maximum Gasteiger partial charge on any atom is 0.416 e. The summed E-state index contributed by atoms with van der Waals surface area (Å²) >= 11 is 0. The third-order valence-electron chi connectivity index (χ3n) is 6.32. The van der Waals surface area contributed by atoms with E-state index in [1.165, 1.54) is 35.2 Å². The van der Waals surface area contributed by atoms with Crippen LogP contribution < -0.4 is 0 Å². The molecule has 2 aromatic carbocycles. The molecule has 0 fully saturated rings. The minimum Gasteiger partial charge on any atom is -0.345 e. The normalized spacial score (nSPS) is 11.3.